The second-order valence-corrected chi connectivity index (χ2v) is 11.2. The Morgan fingerprint density at radius 2 is 1.85 bits per heavy atom. The minimum absolute atomic E-state index is 0.466. The summed E-state index contributed by atoms with van der Waals surface area (Å²) in [5.74, 6) is 0.544. The van der Waals surface area contributed by atoms with Crippen molar-refractivity contribution in [2.75, 3.05) is 32.7 Å². The number of nitrogens with zero attached hydrogens (tertiary/aromatic N) is 2. The Balaban J connectivity index is 1.31. The Labute approximate surface area is 204 Å². The van der Waals surface area contributed by atoms with Crippen molar-refractivity contribution in [3.05, 3.63) is 71.5 Å². The number of hydrogen-bond acceptors (Lipinski definition) is 4. The van der Waals surface area contributed by atoms with Gasteiger partial charge in [0, 0.05) is 43.6 Å². The van der Waals surface area contributed by atoms with Gasteiger partial charge in [-0.15, -0.1) is 0 Å². The summed E-state index contributed by atoms with van der Waals surface area (Å²) in [7, 11) is 0. The van der Waals surface area contributed by atoms with Crippen molar-refractivity contribution in [2.24, 2.45) is 5.41 Å². The van der Waals surface area contributed by atoms with Crippen LogP contribution < -0.4 is 5.32 Å². The van der Waals surface area contributed by atoms with Crippen molar-refractivity contribution in [1.29, 1.82) is 0 Å². The Morgan fingerprint density at radius 1 is 1.00 bits per heavy atom. The van der Waals surface area contributed by atoms with Crippen LogP contribution in [0.3, 0.4) is 0 Å². The van der Waals surface area contributed by atoms with Crippen LogP contribution in [0.1, 0.15) is 68.2 Å². The van der Waals surface area contributed by atoms with Crippen LogP contribution in [-0.2, 0) is 6.54 Å². The summed E-state index contributed by atoms with van der Waals surface area (Å²) in [6.45, 7) is 11.5. The van der Waals surface area contributed by atoms with E-state index in [1.807, 2.05) is 6.26 Å². The zero-order valence-electron chi connectivity index (χ0n) is 20.8. The molecule has 2 atom stereocenters. The minimum Gasteiger partial charge on any atom is -0.464 e. The summed E-state index contributed by atoms with van der Waals surface area (Å²) < 4.78 is 5.68. The van der Waals surface area contributed by atoms with Crippen LogP contribution in [0.2, 0.25) is 0 Å². The van der Waals surface area contributed by atoms with Gasteiger partial charge in [-0.1, -0.05) is 50.2 Å². The number of furan rings is 1. The van der Waals surface area contributed by atoms with Gasteiger partial charge in [0.15, 0.2) is 0 Å². The maximum atomic E-state index is 5.68. The zero-order valence-corrected chi connectivity index (χ0v) is 20.8. The third kappa shape index (κ3) is 3.90. The van der Waals surface area contributed by atoms with Gasteiger partial charge in [0.25, 0.3) is 0 Å². The highest BCUT2D eigenvalue weighted by atomic mass is 16.3. The molecule has 3 aliphatic rings. The molecule has 1 spiro atoms. The Morgan fingerprint density at radius 3 is 2.65 bits per heavy atom. The van der Waals surface area contributed by atoms with Gasteiger partial charge in [0.2, 0.25) is 0 Å². The molecule has 2 saturated heterocycles. The second kappa shape index (κ2) is 9.14. The van der Waals surface area contributed by atoms with Gasteiger partial charge in [-0.2, -0.15) is 0 Å². The van der Waals surface area contributed by atoms with Crippen molar-refractivity contribution in [3.63, 3.8) is 0 Å². The number of nitrogens with one attached hydrogen (secondary N) is 1. The maximum Gasteiger partial charge on any atom is 0.134 e. The van der Waals surface area contributed by atoms with E-state index in [0.717, 1.165) is 37.8 Å². The standard InChI is InChI=1S/C30H39N3O/c1-22(2)24-7-3-4-8-26(24)27-21-32(20-23-6-5-9-28-25(23)11-19-34-28)17-18-33(27)29-10-12-30(29)13-15-31-16-14-30/h3-9,11,19,22,27,29,31H,10,12-18,20-21H2,1-2H3. The third-order valence-electron chi connectivity index (χ3n) is 9.09. The Kier molecular flexibility index (Phi) is 6.00. The predicted octanol–water partition coefficient (Wildman–Crippen LogP) is 5.95. The van der Waals surface area contributed by atoms with Crippen molar-refractivity contribution >= 4 is 11.0 Å². The number of piperazine rings is 1. The average molecular weight is 458 g/mol. The van der Waals surface area contributed by atoms with Crippen LogP contribution in [0.5, 0.6) is 0 Å². The fourth-order valence-corrected chi connectivity index (χ4v) is 7.13. The summed E-state index contributed by atoms with van der Waals surface area (Å²) in [5, 5.41) is 4.87. The fourth-order valence-electron chi connectivity index (χ4n) is 7.13. The van der Waals surface area contributed by atoms with E-state index in [9.17, 15) is 0 Å². The lowest BCUT2D eigenvalue weighted by atomic mass is 9.58. The topological polar surface area (TPSA) is 31.7 Å². The van der Waals surface area contributed by atoms with Crippen molar-refractivity contribution < 1.29 is 4.42 Å². The van der Waals surface area contributed by atoms with E-state index in [1.165, 1.54) is 55.3 Å². The predicted molar refractivity (Wildman–Crippen MR) is 139 cm³/mol. The molecule has 34 heavy (non-hydrogen) atoms. The fraction of sp³-hybridized carbons (Fsp3) is 0.533. The molecule has 3 aromatic rings. The molecule has 2 unspecified atom stereocenters. The SMILES string of the molecule is CC(C)c1ccccc1C1CN(Cc2cccc3occc23)CCN1C1CCC12CCNCC2. The second-order valence-electron chi connectivity index (χ2n) is 11.2. The van der Waals surface area contributed by atoms with E-state index in [0.29, 0.717) is 17.4 Å². The molecule has 4 nitrogen and oxygen atoms in total. The van der Waals surface area contributed by atoms with E-state index < -0.39 is 0 Å². The lowest BCUT2D eigenvalue weighted by molar-refractivity contribution is -0.0905. The normalized spacial score (nSPS) is 25.7. The van der Waals surface area contributed by atoms with Crippen LogP contribution >= 0.6 is 0 Å². The maximum absolute atomic E-state index is 5.68. The van der Waals surface area contributed by atoms with Crippen LogP contribution in [0.15, 0.2) is 59.2 Å². The first-order chi connectivity index (χ1) is 16.6. The first-order valence-corrected chi connectivity index (χ1v) is 13.4. The van der Waals surface area contributed by atoms with E-state index in [2.05, 4.69) is 77.5 Å². The molecule has 180 valence electrons. The molecule has 0 amide bonds. The summed E-state index contributed by atoms with van der Waals surface area (Å²) in [6, 6.07) is 19.1. The molecule has 2 aromatic carbocycles. The molecule has 1 aliphatic carbocycles. The number of benzene rings is 2. The lowest BCUT2D eigenvalue weighted by Gasteiger charge is -2.60. The van der Waals surface area contributed by atoms with Gasteiger partial charge in [-0.3, -0.25) is 9.80 Å². The molecule has 1 aromatic heterocycles. The van der Waals surface area contributed by atoms with Crippen LogP contribution in [-0.4, -0.2) is 48.6 Å². The van der Waals surface area contributed by atoms with Gasteiger partial charge in [-0.05, 0) is 78.9 Å². The molecular weight excluding hydrogens is 418 g/mol. The van der Waals surface area contributed by atoms with Crippen molar-refractivity contribution in [1.82, 2.24) is 15.1 Å². The number of rotatable bonds is 5. The minimum atomic E-state index is 0.466. The third-order valence-corrected chi connectivity index (χ3v) is 9.09. The summed E-state index contributed by atoms with van der Waals surface area (Å²) in [5.41, 5.74) is 6.00. The molecule has 6 rings (SSSR count). The van der Waals surface area contributed by atoms with Gasteiger partial charge < -0.3 is 9.73 Å². The molecule has 3 fully saturated rings. The van der Waals surface area contributed by atoms with Crippen molar-refractivity contribution in [2.45, 2.75) is 64.1 Å². The van der Waals surface area contributed by atoms with Gasteiger partial charge in [-0.25, -0.2) is 0 Å². The summed E-state index contributed by atoms with van der Waals surface area (Å²) in [6.07, 6.45) is 7.30. The average Bonchev–Trinajstić information content (AvgIpc) is 3.35. The summed E-state index contributed by atoms with van der Waals surface area (Å²) in [4.78, 5) is 5.62. The molecule has 2 aliphatic heterocycles. The Hall–Kier alpha value is -2.14. The lowest BCUT2D eigenvalue weighted by Crippen LogP contribution is -2.63. The summed E-state index contributed by atoms with van der Waals surface area (Å²) >= 11 is 0. The highest BCUT2D eigenvalue weighted by molar-refractivity contribution is 5.80. The van der Waals surface area contributed by atoms with E-state index in [1.54, 1.807) is 5.56 Å². The smallest absolute Gasteiger partial charge is 0.134 e. The molecule has 1 saturated carbocycles. The molecule has 1 N–H and O–H groups in total. The Bertz CT molecular complexity index is 1130. The number of hydrogen-bond donors (Lipinski definition) is 1. The molecule has 4 heteroatoms. The van der Waals surface area contributed by atoms with E-state index in [-0.39, 0.29) is 0 Å². The van der Waals surface area contributed by atoms with Crippen molar-refractivity contribution in [3.8, 4) is 0 Å². The highest BCUT2D eigenvalue weighted by Crippen LogP contribution is 2.53. The van der Waals surface area contributed by atoms with Gasteiger partial charge in [0.05, 0.1) is 6.26 Å². The quantitative estimate of drug-likeness (QED) is 0.513. The van der Waals surface area contributed by atoms with Crippen LogP contribution in [0.25, 0.3) is 11.0 Å². The monoisotopic (exact) mass is 457 g/mol. The largest absolute Gasteiger partial charge is 0.464 e. The van der Waals surface area contributed by atoms with Crippen LogP contribution in [0, 0.1) is 5.41 Å². The first kappa shape index (κ1) is 22.3. The highest BCUT2D eigenvalue weighted by Gasteiger charge is 2.51. The molecule has 0 radical (unpaired) electrons. The zero-order chi connectivity index (χ0) is 23.1. The van der Waals surface area contributed by atoms with E-state index in [4.69, 9.17) is 4.42 Å². The number of fused-ring (bicyclic) bond motifs is 1. The molecule has 0 bridgehead atoms. The number of piperidine rings is 1. The molecule has 3 heterocycles. The van der Waals surface area contributed by atoms with Crippen LogP contribution in [0.4, 0.5) is 0 Å². The van der Waals surface area contributed by atoms with E-state index >= 15 is 0 Å². The first-order valence-electron chi connectivity index (χ1n) is 13.4. The molecular formula is C30H39N3O. The van der Waals surface area contributed by atoms with Gasteiger partial charge in [0.1, 0.15) is 5.58 Å². The van der Waals surface area contributed by atoms with Gasteiger partial charge >= 0.3 is 0 Å².